The number of benzene rings is 2. The lowest BCUT2D eigenvalue weighted by molar-refractivity contribution is -0.132. The number of carbonyl (C=O) groups excluding carboxylic acids is 1. The normalized spacial score (nSPS) is 11.6. The number of nitrogens with zero attached hydrogens (tertiary/aromatic N) is 2. The Kier molecular flexibility index (Phi) is 8.41. The molecule has 180 valence electrons. The lowest BCUT2D eigenvalue weighted by Crippen LogP contribution is -2.42. The van der Waals surface area contributed by atoms with Gasteiger partial charge in [-0.25, -0.2) is 12.8 Å². The van der Waals surface area contributed by atoms with Gasteiger partial charge < -0.3 is 4.90 Å². The number of carbonyl (C=O) groups is 1. The Labute approximate surface area is 205 Å². The average molecular weight is 501 g/mol. The van der Waals surface area contributed by atoms with Crippen molar-refractivity contribution in [2.45, 2.75) is 38.8 Å². The van der Waals surface area contributed by atoms with E-state index < -0.39 is 10.0 Å². The molecule has 5 nitrogen and oxygen atoms in total. The van der Waals surface area contributed by atoms with Crippen LogP contribution < -0.4 is 0 Å². The standard InChI is InChI=1S/C26H29FN2O3S2/c1-5-12-29(34(31,32)26-20(3)14-19(2)15-21(26)4)18-25(30)28(17-24-7-6-13-33-24)16-22-8-10-23(27)11-9-22/h5-11,13-15H,1,12,16-18H2,2-4H3. The molecule has 3 rings (SSSR count). The summed E-state index contributed by atoms with van der Waals surface area (Å²) in [5.74, 6) is -0.697. The summed E-state index contributed by atoms with van der Waals surface area (Å²) >= 11 is 1.52. The van der Waals surface area contributed by atoms with Crippen LogP contribution in [0.2, 0.25) is 0 Å². The van der Waals surface area contributed by atoms with Crippen molar-refractivity contribution in [3.8, 4) is 0 Å². The van der Waals surface area contributed by atoms with E-state index in [1.807, 2.05) is 36.6 Å². The number of thiophene rings is 1. The predicted molar refractivity (Wildman–Crippen MR) is 135 cm³/mol. The van der Waals surface area contributed by atoms with E-state index in [4.69, 9.17) is 0 Å². The highest BCUT2D eigenvalue weighted by Crippen LogP contribution is 2.26. The van der Waals surface area contributed by atoms with Gasteiger partial charge in [-0.15, -0.1) is 17.9 Å². The van der Waals surface area contributed by atoms with E-state index in [2.05, 4.69) is 6.58 Å². The average Bonchev–Trinajstić information content (AvgIpc) is 3.26. The van der Waals surface area contributed by atoms with Gasteiger partial charge >= 0.3 is 0 Å². The summed E-state index contributed by atoms with van der Waals surface area (Å²) in [4.78, 5) is 16.2. The van der Waals surface area contributed by atoms with Gasteiger partial charge in [-0.2, -0.15) is 4.31 Å². The fourth-order valence-electron chi connectivity index (χ4n) is 3.98. The van der Waals surface area contributed by atoms with Gasteiger partial charge in [0, 0.05) is 18.0 Å². The molecule has 1 aromatic heterocycles. The minimum absolute atomic E-state index is 0.00419. The van der Waals surface area contributed by atoms with Gasteiger partial charge in [0.1, 0.15) is 5.82 Å². The van der Waals surface area contributed by atoms with Gasteiger partial charge in [0.2, 0.25) is 15.9 Å². The van der Waals surface area contributed by atoms with Gasteiger partial charge in [0.15, 0.2) is 0 Å². The smallest absolute Gasteiger partial charge is 0.244 e. The molecule has 0 saturated heterocycles. The van der Waals surface area contributed by atoms with Crippen LogP contribution in [-0.2, 0) is 27.9 Å². The molecule has 2 aromatic carbocycles. The lowest BCUT2D eigenvalue weighted by atomic mass is 10.1. The summed E-state index contributed by atoms with van der Waals surface area (Å²) in [5.41, 5.74) is 3.01. The number of rotatable bonds is 10. The highest BCUT2D eigenvalue weighted by Gasteiger charge is 2.30. The van der Waals surface area contributed by atoms with Crippen molar-refractivity contribution in [3.63, 3.8) is 0 Å². The van der Waals surface area contributed by atoms with E-state index in [1.54, 1.807) is 30.9 Å². The number of sulfonamides is 1. The third-order valence-electron chi connectivity index (χ3n) is 5.41. The minimum Gasteiger partial charge on any atom is -0.332 e. The van der Waals surface area contributed by atoms with Gasteiger partial charge in [-0.3, -0.25) is 4.79 Å². The molecule has 0 aliphatic heterocycles. The number of hydrogen-bond acceptors (Lipinski definition) is 4. The molecule has 3 aromatic rings. The number of halogens is 1. The van der Waals surface area contributed by atoms with Crippen LogP contribution in [0.25, 0.3) is 0 Å². The van der Waals surface area contributed by atoms with Crippen molar-refractivity contribution in [1.82, 2.24) is 9.21 Å². The summed E-state index contributed by atoms with van der Waals surface area (Å²) in [6.07, 6.45) is 1.48. The second kappa shape index (κ2) is 11.1. The van der Waals surface area contributed by atoms with Crippen LogP contribution in [-0.4, -0.2) is 36.6 Å². The molecule has 34 heavy (non-hydrogen) atoms. The van der Waals surface area contributed by atoms with E-state index in [9.17, 15) is 17.6 Å². The topological polar surface area (TPSA) is 57.7 Å². The van der Waals surface area contributed by atoms with Gasteiger partial charge in [0.25, 0.3) is 0 Å². The summed E-state index contributed by atoms with van der Waals surface area (Å²) < 4.78 is 41.8. The molecule has 0 radical (unpaired) electrons. The van der Waals surface area contributed by atoms with E-state index in [0.29, 0.717) is 17.7 Å². The van der Waals surface area contributed by atoms with Crippen LogP contribution in [0.3, 0.4) is 0 Å². The molecule has 0 fully saturated rings. The third-order valence-corrected chi connectivity index (χ3v) is 8.39. The zero-order chi connectivity index (χ0) is 24.9. The van der Waals surface area contributed by atoms with Crippen LogP contribution >= 0.6 is 11.3 Å². The van der Waals surface area contributed by atoms with E-state index >= 15 is 0 Å². The van der Waals surface area contributed by atoms with Crippen molar-refractivity contribution in [2.75, 3.05) is 13.1 Å². The molecule has 0 aliphatic rings. The lowest BCUT2D eigenvalue weighted by Gasteiger charge is -2.27. The molecular formula is C26H29FN2O3S2. The largest absolute Gasteiger partial charge is 0.332 e. The monoisotopic (exact) mass is 500 g/mol. The summed E-state index contributed by atoms with van der Waals surface area (Å²) in [7, 11) is -3.94. The fourth-order valence-corrected chi connectivity index (χ4v) is 6.47. The molecule has 0 saturated carbocycles. The van der Waals surface area contributed by atoms with Crippen LogP contribution in [0.4, 0.5) is 4.39 Å². The van der Waals surface area contributed by atoms with Crippen LogP contribution in [0.5, 0.6) is 0 Å². The Bertz CT molecular complexity index is 1230. The minimum atomic E-state index is -3.94. The predicted octanol–water partition coefficient (Wildman–Crippen LogP) is 5.22. The number of amides is 1. The molecule has 1 amide bonds. The summed E-state index contributed by atoms with van der Waals surface area (Å²) in [6.45, 7) is 9.38. The molecule has 0 aliphatic carbocycles. The first-order chi connectivity index (χ1) is 16.1. The molecule has 0 atom stereocenters. The molecule has 8 heteroatoms. The quantitative estimate of drug-likeness (QED) is 0.359. The maximum absolute atomic E-state index is 13.6. The molecule has 0 unspecified atom stereocenters. The molecule has 0 bridgehead atoms. The second-order valence-corrected chi connectivity index (χ2v) is 11.2. The van der Waals surface area contributed by atoms with Gasteiger partial charge in [0.05, 0.1) is 18.0 Å². The Morgan fingerprint density at radius 1 is 1.06 bits per heavy atom. The maximum Gasteiger partial charge on any atom is 0.244 e. The van der Waals surface area contributed by atoms with Crippen molar-refractivity contribution in [2.24, 2.45) is 0 Å². The Morgan fingerprint density at radius 2 is 1.71 bits per heavy atom. The Morgan fingerprint density at radius 3 is 2.26 bits per heavy atom. The molecule has 0 spiro atoms. The first kappa shape index (κ1) is 25.8. The molecule has 1 heterocycles. The Hall–Kier alpha value is -2.81. The maximum atomic E-state index is 13.6. The first-order valence-corrected chi connectivity index (χ1v) is 13.2. The van der Waals surface area contributed by atoms with Gasteiger partial charge in [-0.05, 0) is 61.0 Å². The van der Waals surface area contributed by atoms with Crippen LogP contribution in [0.15, 0.2) is 71.5 Å². The zero-order valence-corrected chi connectivity index (χ0v) is 21.3. The number of hydrogen-bond donors (Lipinski definition) is 0. The van der Waals surface area contributed by atoms with Crippen molar-refractivity contribution >= 4 is 27.3 Å². The zero-order valence-electron chi connectivity index (χ0n) is 19.6. The van der Waals surface area contributed by atoms with E-state index in [-0.39, 0.29) is 36.3 Å². The van der Waals surface area contributed by atoms with Crippen LogP contribution in [0, 0.1) is 26.6 Å². The summed E-state index contributed by atoms with van der Waals surface area (Å²) in [6, 6.07) is 13.4. The second-order valence-electron chi connectivity index (χ2n) is 8.27. The van der Waals surface area contributed by atoms with Crippen LogP contribution in [0.1, 0.15) is 27.1 Å². The fraction of sp³-hybridized carbons (Fsp3) is 0.269. The van der Waals surface area contributed by atoms with E-state index in [0.717, 1.165) is 16.0 Å². The SMILES string of the molecule is C=CCN(CC(=O)N(Cc1ccc(F)cc1)Cc1cccs1)S(=O)(=O)c1c(C)cc(C)cc1C. The van der Waals surface area contributed by atoms with Crippen molar-refractivity contribution in [3.05, 3.63) is 99.5 Å². The van der Waals surface area contributed by atoms with Gasteiger partial charge in [-0.1, -0.05) is 42.0 Å². The highest BCUT2D eigenvalue weighted by molar-refractivity contribution is 7.89. The van der Waals surface area contributed by atoms with Crippen molar-refractivity contribution < 1.29 is 17.6 Å². The van der Waals surface area contributed by atoms with Crippen molar-refractivity contribution in [1.29, 1.82) is 0 Å². The number of aryl methyl sites for hydroxylation is 3. The summed E-state index contributed by atoms with van der Waals surface area (Å²) in [5, 5.41) is 1.92. The highest BCUT2D eigenvalue weighted by atomic mass is 32.2. The third kappa shape index (κ3) is 6.20. The first-order valence-electron chi connectivity index (χ1n) is 10.9. The molecule has 0 N–H and O–H groups in total. The van der Waals surface area contributed by atoms with E-state index in [1.165, 1.54) is 33.9 Å². The molecular weight excluding hydrogens is 471 g/mol. The Balaban J connectivity index is 1.91.